The zero-order valence-electron chi connectivity index (χ0n) is 17.5. The van der Waals surface area contributed by atoms with Gasteiger partial charge in [0.2, 0.25) is 0 Å². The van der Waals surface area contributed by atoms with Gasteiger partial charge < -0.3 is 9.64 Å². The fourth-order valence-corrected chi connectivity index (χ4v) is 3.39. The van der Waals surface area contributed by atoms with Crippen LogP contribution in [0, 0.1) is 10.1 Å². The van der Waals surface area contributed by atoms with E-state index < -0.39 is 4.92 Å². The Bertz CT molecular complexity index is 1270. The first-order valence-corrected chi connectivity index (χ1v) is 9.80. The summed E-state index contributed by atoms with van der Waals surface area (Å²) in [5.74, 6) is 0.278. The number of aromatic nitrogens is 2. The number of amides is 1. The van der Waals surface area contributed by atoms with E-state index in [2.05, 4.69) is 5.10 Å². The summed E-state index contributed by atoms with van der Waals surface area (Å²) >= 11 is 0. The highest BCUT2D eigenvalue weighted by Gasteiger charge is 2.24. The average molecular weight is 428 g/mol. The molecule has 0 saturated heterocycles. The Morgan fingerprint density at radius 3 is 2.31 bits per heavy atom. The van der Waals surface area contributed by atoms with Gasteiger partial charge in [-0.05, 0) is 36.4 Å². The number of rotatable bonds is 6. The molecule has 0 N–H and O–H groups in total. The zero-order chi connectivity index (χ0) is 22.7. The van der Waals surface area contributed by atoms with Crippen molar-refractivity contribution in [3.05, 3.63) is 101 Å². The van der Waals surface area contributed by atoms with Gasteiger partial charge in [0.1, 0.15) is 11.4 Å². The Kier molecular flexibility index (Phi) is 5.67. The van der Waals surface area contributed by atoms with Crippen LogP contribution in [0.25, 0.3) is 16.9 Å². The standard InChI is InChI=1S/C24H20N4O4/c1-26(21-10-6-7-11-22(21)32-2)24(29)20-16-27(18-8-4-3-5-9-18)25-23(20)17-12-14-19(15-13-17)28(30)31/h3-16H,1-2H3. The van der Waals surface area contributed by atoms with Gasteiger partial charge in [0.25, 0.3) is 11.6 Å². The lowest BCUT2D eigenvalue weighted by Gasteiger charge is -2.19. The quantitative estimate of drug-likeness (QED) is 0.327. The van der Waals surface area contributed by atoms with Crippen molar-refractivity contribution in [3.8, 4) is 22.7 Å². The fourth-order valence-electron chi connectivity index (χ4n) is 3.39. The fraction of sp³-hybridized carbons (Fsp3) is 0.0833. The van der Waals surface area contributed by atoms with Crippen LogP contribution in [0.2, 0.25) is 0 Å². The largest absolute Gasteiger partial charge is 0.495 e. The minimum Gasteiger partial charge on any atom is -0.495 e. The van der Waals surface area contributed by atoms with E-state index in [-0.39, 0.29) is 11.6 Å². The molecule has 4 rings (SSSR count). The third-order valence-corrected chi connectivity index (χ3v) is 5.07. The molecule has 0 aliphatic heterocycles. The van der Waals surface area contributed by atoms with Gasteiger partial charge in [-0.2, -0.15) is 5.10 Å². The van der Waals surface area contributed by atoms with E-state index in [0.29, 0.717) is 28.3 Å². The number of nitro groups is 1. The molecule has 1 aromatic heterocycles. The van der Waals surface area contributed by atoms with Crippen LogP contribution in [0.3, 0.4) is 0 Å². The SMILES string of the molecule is COc1ccccc1N(C)C(=O)c1cn(-c2ccccc2)nc1-c1ccc([N+](=O)[O-])cc1. The second-order valence-electron chi connectivity index (χ2n) is 7.01. The van der Waals surface area contributed by atoms with Crippen molar-refractivity contribution in [2.75, 3.05) is 19.1 Å². The average Bonchev–Trinajstić information content (AvgIpc) is 3.29. The summed E-state index contributed by atoms with van der Waals surface area (Å²) in [7, 11) is 3.21. The number of benzene rings is 3. The number of para-hydroxylation sites is 3. The van der Waals surface area contributed by atoms with Crippen molar-refractivity contribution in [2.24, 2.45) is 0 Å². The van der Waals surface area contributed by atoms with Crippen LogP contribution in [-0.4, -0.2) is 34.8 Å². The molecule has 0 fully saturated rings. The van der Waals surface area contributed by atoms with Gasteiger partial charge in [0.05, 0.1) is 29.0 Å². The normalized spacial score (nSPS) is 10.6. The van der Waals surface area contributed by atoms with Crippen molar-refractivity contribution in [1.29, 1.82) is 0 Å². The highest BCUT2D eigenvalue weighted by Crippen LogP contribution is 2.31. The van der Waals surface area contributed by atoms with E-state index >= 15 is 0 Å². The maximum absolute atomic E-state index is 13.5. The van der Waals surface area contributed by atoms with Gasteiger partial charge in [-0.1, -0.05) is 30.3 Å². The van der Waals surface area contributed by atoms with E-state index in [1.165, 1.54) is 17.0 Å². The minimum absolute atomic E-state index is 0.0322. The number of methoxy groups -OCH3 is 1. The molecule has 1 amide bonds. The molecule has 3 aromatic carbocycles. The number of hydrogen-bond acceptors (Lipinski definition) is 5. The third-order valence-electron chi connectivity index (χ3n) is 5.07. The van der Waals surface area contributed by atoms with Gasteiger partial charge in [0.15, 0.2) is 0 Å². The minimum atomic E-state index is -0.464. The number of hydrogen-bond donors (Lipinski definition) is 0. The lowest BCUT2D eigenvalue weighted by atomic mass is 10.1. The monoisotopic (exact) mass is 428 g/mol. The molecule has 8 nitrogen and oxygen atoms in total. The summed E-state index contributed by atoms with van der Waals surface area (Å²) in [5.41, 5.74) is 2.75. The van der Waals surface area contributed by atoms with Crippen LogP contribution in [0.15, 0.2) is 85.1 Å². The second-order valence-corrected chi connectivity index (χ2v) is 7.01. The van der Waals surface area contributed by atoms with Gasteiger partial charge in [-0.15, -0.1) is 0 Å². The van der Waals surface area contributed by atoms with Gasteiger partial charge >= 0.3 is 0 Å². The van der Waals surface area contributed by atoms with Crippen LogP contribution < -0.4 is 9.64 Å². The smallest absolute Gasteiger partial charge is 0.269 e. The van der Waals surface area contributed by atoms with Gasteiger partial charge in [-0.3, -0.25) is 14.9 Å². The third kappa shape index (κ3) is 3.93. The summed E-state index contributed by atoms with van der Waals surface area (Å²) in [4.78, 5) is 25.6. The van der Waals surface area contributed by atoms with Crippen LogP contribution in [0.4, 0.5) is 11.4 Å². The molecule has 32 heavy (non-hydrogen) atoms. The van der Waals surface area contributed by atoms with Crippen molar-refractivity contribution in [2.45, 2.75) is 0 Å². The van der Waals surface area contributed by atoms with E-state index in [1.54, 1.807) is 49.3 Å². The number of anilines is 1. The molecule has 0 saturated carbocycles. The maximum atomic E-state index is 13.5. The number of carbonyl (C=O) groups excluding carboxylic acids is 1. The molecular formula is C24H20N4O4. The maximum Gasteiger partial charge on any atom is 0.269 e. The van der Waals surface area contributed by atoms with E-state index in [1.807, 2.05) is 42.5 Å². The first kappa shape index (κ1) is 20.8. The molecule has 0 aliphatic rings. The molecular weight excluding hydrogens is 408 g/mol. The first-order valence-electron chi connectivity index (χ1n) is 9.80. The van der Waals surface area contributed by atoms with E-state index in [9.17, 15) is 14.9 Å². The van der Waals surface area contributed by atoms with Crippen molar-refractivity contribution >= 4 is 17.3 Å². The Morgan fingerprint density at radius 1 is 1.00 bits per heavy atom. The molecule has 1 heterocycles. The van der Waals surface area contributed by atoms with Crippen molar-refractivity contribution in [3.63, 3.8) is 0 Å². The summed E-state index contributed by atoms with van der Waals surface area (Å²) in [6, 6.07) is 22.6. The molecule has 8 heteroatoms. The molecule has 0 unspecified atom stereocenters. The van der Waals surface area contributed by atoms with E-state index in [0.717, 1.165) is 5.69 Å². The van der Waals surface area contributed by atoms with Crippen LogP contribution in [0.5, 0.6) is 5.75 Å². The van der Waals surface area contributed by atoms with Crippen molar-refractivity contribution < 1.29 is 14.5 Å². The molecule has 0 bridgehead atoms. The Hall–Kier alpha value is -4.46. The van der Waals surface area contributed by atoms with Crippen LogP contribution >= 0.6 is 0 Å². The second kappa shape index (κ2) is 8.73. The number of ether oxygens (including phenoxy) is 1. The zero-order valence-corrected chi connectivity index (χ0v) is 17.5. The van der Waals surface area contributed by atoms with Crippen LogP contribution in [-0.2, 0) is 0 Å². The molecule has 160 valence electrons. The lowest BCUT2D eigenvalue weighted by molar-refractivity contribution is -0.384. The molecule has 0 spiro atoms. The Labute approximate surface area is 184 Å². The Morgan fingerprint density at radius 2 is 1.66 bits per heavy atom. The number of carbonyl (C=O) groups is 1. The highest BCUT2D eigenvalue weighted by molar-refractivity contribution is 6.10. The number of nitro benzene ring substituents is 1. The predicted octanol–water partition coefficient (Wildman–Crippen LogP) is 4.73. The molecule has 0 atom stereocenters. The highest BCUT2D eigenvalue weighted by atomic mass is 16.6. The van der Waals surface area contributed by atoms with Gasteiger partial charge in [-0.25, -0.2) is 4.68 Å². The van der Waals surface area contributed by atoms with E-state index in [4.69, 9.17) is 4.74 Å². The summed E-state index contributed by atoms with van der Waals surface area (Å²) in [5, 5.41) is 15.7. The van der Waals surface area contributed by atoms with Crippen LogP contribution in [0.1, 0.15) is 10.4 Å². The summed E-state index contributed by atoms with van der Waals surface area (Å²) in [6.45, 7) is 0. The summed E-state index contributed by atoms with van der Waals surface area (Å²) in [6.07, 6.45) is 1.67. The predicted molar refractivity (Wildman–Crippen MR) is 121 cm³/mol. The number of non-ortho nitro benzene ring substituents is 1. The Balaban J connectivity index is 1.81. The number of nitrogens with zero attached hydrogens (tertiary/aromatic N) is 4. The topological polar surface area (TPSA) is 90.5 Å². The lowest BCUT2D eigenvalue weighted by Crippen LogP contribution is -2.26. The van der Waals surface area contributed by atoms with Crippen molar-refractivity contribution in [1.82, 2.24) is 9.78 Å². The summed E-state index contributed by atoms with van der Waals surface area (Å²) < 4.78 is 7.02. The molecule has 0 radical (unpaired) electrons. The van der Waals surface area contributed by atoms with Gasteiger partial charge in [0, 0.05) is 30.9 Å². The molecule has 4 aromatic rings. The molecule has 0 aliphatic carbocycles. The first-order chi connectivity index (χ1) is 15.5.